The molecule has 1 aromatic heterocycles. The van der Waals surface area contributed by atoms with Crippen LogP contribution in [-0.2, 0) is 6.54 Å². The number of para-hydroxylation sites is 2. The molecule has 0 saturated heterocycles. The fourth-order valence-corrected chi connectivity index (χ4v) is 2.65. The standard InChI is InChI=1S/C12H12ClN3OS/c13-12-9(14-15-18-12)8-16-6-3-7-17-11-5-2-1-4-10(11)16/h1-2,4-5H,3,6-8H2. The van der Waals surface area contributed by atoms with E-state index in [1.807, 2.05) is 18.2 Å². The lowest BCUT2D eigenvalue weighted by molar-refractivity contribution is 0.322. The Hall–Kier alpha value is -1.33. The molecule has 2 aromatic rings. The van der Waals surface area contributed by atoms with E-state index in [4.69, 9.17) is 16.3 Å². The molecule has 1 aromatic carbocycles. The van der Waals surface area contributed by atoms with Crippen LogP contribution in [0.2, 0.25) is 4.34 Å². The van der Waals surface area contributed by atoms with Gasteiger partial charge in [0.1, 0.15) is 15.8 Å². The summed E-state index contributed by atoms with van der Waals surface area (Å²) in [7, 11) is 0. The number of anilines is 1. The number of hydrogen-bond donors (Lipinski definition) is 0. The zero-order chi connectivity index (χ0) is 12.4. The van der Waals surface area contributed by atoms with Crippen LogP contribution in [0.15, 0.2) is 24.3 Å². The molecule has 0 N–H and O–H groups in total. The first-order chi connectivity index (χ1) is 8.84. The van der Waals surface area contributed by atoms with E-state index in [2.05, 4.69) is 20.6 Å². The number of aromatic nitrogens is 2. The average Bonchev–Trinajstić information content (AvgIpc) is 2.68. The van der Waals surface area contributed by atoms with Crippen molar-refractivity contribution < 1.29 is 4.74 Å². The van der Waals surface area contributed by atoms with Crippen molar-refractivity contribution in [3.63, 3.8) is 0 Å². The summed E-state index contributed by atoms with van der Waals surface area (Å²) in [5, 5.41) is 4.07. The molecule has 0 atom stereocenters. The normalized spacial score (nSPS) is 14.8. The van der Waals surface area contributed by atoms with Crippen molar-refractivity contribution >= 4 is 28.8 Å². The van der Waals surface area contributed by atoms with E-state index in [1.165, 1.54) is 11.5 Å². The van der Waals surface area contributed by atoms with Gasteiger partial charge in [-0.05, 0) is 18.6 Å². The molecule has 0 aliphatic carbocycles. The summed E-state index contributed by atoms with van der Waals surface area (Å²) in [6, 6.07) is 8.06. The van der Waals surface area contributed by atoms with Gasteiger partial charge in [-0.1, -0.05) is 28.2 Å². The van der Waals surface area contributed by atoms with Crippen LogP contribution < -0.4 is 9.64 Å². The summed E-state index contributed by atoms with van der Waals surface area (Å²) in [5.74, 6) is 0.925. The zero-order valence-corrected chi connectivity index (χ0v) is 11.2. The lowest BCUT2D eigenvalue weighted by Gasteiger charge is -2.22. The van der Waals surface area contributed by atoms with Gasteiger partial charge in [-0.3, -0.25) is 0 Å². The molecule has 18 heavy (non-hydrogen) atoms. The fraction of sp³-hybridized carbons (Fsp3) is 0.333. The van der Waals surface area contributed by atoms with Crippen molar-refractivity contribution in [2.24, 2.45) is 0 Å². The monoisotopic (exact) mass is 281 g/mol. The molecule has 0 saturated carbocycles. The third kappa shape index (κ3) is 2.28. The molecule has 0 fully saturated rings. The Morgan fingerprint density at radius 3 is 3.11 bits per heavy atom. The molecular formula is C12H12ClN3OS. The van der Waals surface area contributed by atoms with Gasteiger partial charge in [0.15, 0.2) is 0 Å². The first kappa shape index (κ1) is 11.7. The molecule has 3 rings (SSSR count). The third-order valence-corrected chi connectivity index (χ3v) is 3.87. The van der Waals surface area contributed by atoms with Crippen molar-refractivity contribution in [1.82, 2.24) is 9.59 Å². The minimum Gasteiger partial charge on any atom is -0.491 e. The van der Waals surface area contributed by atoms with Crippen molar-refractivity contribution in [2.75, 3.05) is 18.1 Å². The second-order valence-electron chi connectivity index (χ2n) is 4.08. The van der Waals surface area contributed by atoms with Gasteiger partial charge in [-0.2, -0.15) is 0 Å². The van der Waals surface area contributed by atoms with Crippen LogP contribution in [0.1, 0.15) is 12.1 Å². The highest BCUT2D eigenvalue weighted by Crippen LogP contribution is 2.32. The Bertz CT molecular complexity index is 546. The van der Waals surface area contributed by atoms with Gasteiger partial charge in [-0.25, -0.2) is 0 Å². The molecule has 1 aliphatic rings. The molecule has 0 unspecified atom stereocenters. The van der Waals surface area contributed by atoms with Crippen LogP contribution in [-0.4, -0.2) is 22.7 Å². The van der Waals surface area contributed by atoms with Crippen LogP contribution in [0, 0.1) is 0 Å². The maximum atomic E-state index is 6.06. The van der Waals surface area contributed by atoms with Gasteiger partial charge in [-0.15, -0.1) is 5.10 Å². The minimum absolute atomic E-state index is 0.664. The Balaban J connectivity index is 1.90. The summed E-state index contributed by atoms with van der Waals surface area (Å²) >= 11 is 7.29. The summed E-state index contributed by atoms with van der Waals surface area (Å²) in [6.45, 7) is 2.36. The highest BCUT2D eigenvalue weighted by molar-refractivity contribution is 7.10. The summed E-state index contributed by atoms with van der Waals surface area (Å²) in [4.78, 5) is 2.24. The topological polar surface area (TPSA) is 38.2 Å². The molecule has 1 aliphatic heterocycles. The Kier molecular flexibility index (Phi) is 3.34. The van der Waals surface area contributed by atoms with Gasteiger partial charge in [0.2, 0.25) is 0 Å². The van der Waals surface area contributed by atoms with E-state index >= 15 is 0 Å². The predicted molar refractivity (Wildman–Crippen MR) is 72.5 cm³/mol. The van der Waals surface area contributed by atoms with Crippen LogP contribution in [0.4, 0.5) is 5.69 Å². The van der Waals surface area contributed by atoms with E-state index in [9.17, 15) is 0 Å². The van der Waals surface area contributed by atoms with E-state index in [0.29, 0.717) is 10.9 Å². The molecule has 6 heteroatoms. The summed E-state index contributed by atoms with van der Waals surface area (Å²) < 4.78 is 10.3. The SMILES string of the molecule is Clc1snnc1CN1CCCOc2ccccc21. The number of nitrogens with zero attached hydrogens (tertiary/aromatic N) is 3. The van der Waals surface area contributed by atoms with Crippen molar-refractivity contribution in [1.29, 1.82) is 0 Å². The Morgan fingerprint density at radius 1 is 1.39 bits per heavy atom. The van der Waals surface area contributed by atoms with Gasteiger partial charge in [0.25, 0.3) is 0 Å². The first-order valence-corrected chi connectivity index (χ1v) is 6.93. The Labute approximate surface area is 114 Å². The van der Waals surface area contributed by atoms with E-state index in [0.717, 1.165) is 36.7 Å². The fourth-order valence-electron chi connectivity index (χ4n) is 2.03. The molecule has 4 nitrogen and oxygen atoms in total. The van der Waals surface area contributed by atoms with Crippen molar-refractivity contribution in [3.8, 4) is 5.75 Å². The molecular weight excluding hydrogens is 270 g/mol. The zero-order valence-electron chi connectivity index (χ0n) is 9.67. The predicted octanol–water partition coefficient (Wildman–Crippen LogP) is 2.98. The van der Waals surface area contributed by atoms with Crippen molar-refractivity contribution in [3.05, 3.63) is 34.3 Å². The summed E-state index contributed by atoms with van der Waals surface area (Å²) in [5.41, 5.74) is 1.93. The largest absolute Gasteiger partial charge is 0.491 e. The number of hydrogen-bond acceptors (Lipinski definition) is 5. The molecule has 0 spiro atoms. The van der Waals surface area contributed by atoms with Crippen molar-refractivity contribution in [2.45, 2.75) is 13.0 Å². The average molecular weight is 282 g/mol. The highest BCUT2D eigenvalue weighted by Gasteiger charge is 2.18. The number of rotatable bonds is 2. The van der Waals surface area contributed by atoms with E-state index in [1.54, 1.807) is 0 Å². The lowest BCUT2D eigenvalue weighted by Crippen LogP contribution is -2.23. The van der Waals surface area contributed by atoms with Gasteiger partial charge in [0, 0.05) is 18.1 Å². The second-order valence-corrected chi connectivity index (χ2v) is 5.44. The number of halogens is 1. The van der Waals surface area contributed by atoms with Crippen LogP contribution in [0.25, 0.3) is 0 Å². The molecule has 0 bridgehead atoms. The maximum Gasteiger partial charge on any atom is 0.142 e. The van der Waals surface area contributed by atoms with Gasteiger partial charge in [0.05, 0.1) is 18.8 Å². The number of fused-ring (bicyclic) bond motifs is 1. The molecule has 0 amide bonds. The molecule has 94 valence electrons. The smallest absolute Gasteiger partial charge is 0.142 e. The van der Waals surface area contributed by atoms with Crippen LogP contribution in [0.3, 0.4) is 0 Å². The Morgan fingerprint density at radius 2 is 2.28 bits per heavy atom. The maximum absolute atomic E-state index is 6.06. The lowest BCUT2D eigenvalue weighted by atomic mass is 10.2. The van der Waals surface area contributed by atoms with Gasteiger partial charge >= 0.3 is 0 Å². The number of benzene rings is 1. The first-order valence-electron chi connectivity index (χ1n) is 5.78. The summed E-state index contributed by atoms with van der Waals surface area (Å²) in [6.07, 6.45) is 0.990. The van der Waals surface area contributed by atoms with Gasteiger partial charge < -0.3 is 9.64 Å². The minimum atomic E-state index is 0.664. The molecule has 0 radical (unpaired) electrons. The second kappa shape index (κ2) is 5.12. The third-order valence-electron chi connectivity index (χ3n) is 2.89. The van der Waals surface area contributed by atoms with Crippen LogP contribution in [0.5, 0.6) is 5.75 Å². The van der Waals surface area contributed by atoms with E-state index < -0.39 is 0 Å². The van der Waals surface area contributed by atoms with E-state index in [-0.39, 0.29) is 0 Å². The van der Waals surface area contributed by atoms with Crippen LogP contribution >= 0.6 is 23.1 Å². The highest BCUT2D eigenvalue weighted by atomic mass is 35.5. The molecule has 2 heterocycles. The number of ether oxygens (including phenoxy) is 1. The quantitative estimate of drug-likeness (QED) is 0.848.